The smallest absolute Gasteiger partial charge is 0.409 e. The topological polar surface area (TPSA) is 84.4 Å². The van der Waals surface area contributed by atoms with Crippen molar-refractivity contribution in [1.29, 1.82) is 0 Å². The van der Waals surface area contributed by atoms with E-state index in [-0.39, 0.29) is 18.8 Å². The average Bonchev–Trinajstić information content (AvgIpc) is 3.33. The van der Waals surface area contributed by atoms with Gasteiger partial charge in [0.2, 0.25) is 11.0 Å². The predicted octanol–water partition coefficient (Wildman–Crippen LogP) is 4.53. The third-order valence-corrected chi connectivity index (χ3v) is 6.54. The highest BCUT2D eigenvalue weighted by molar-refractivity contribution is 7.13. The first kappa shape index (κ1) is 22.0. The number of nitrogens with one attached hydrogen (secondary N) is 1. The monoisotopic (exact) mass is 452 g/mol. The van der Waals surface area contributed by atoms with E-state index in [2.05, 4.69) is 27.6 Å². The van der Waals surface area contributed by atoms with Crippen LogP contribution in [-0.4, -0.2) is 46.8 Å². The Labute approximate surface area is 192 Å². The molecule has 0 radical (unpaired) electrons. The Balaban J connectivity index is 0.00000306. The van der Waals surface area contributed by atoms with Crippen LogP contribution in [0.4, 0.5) is 9.93 Å². The zero-order valence-electron chi connectivity index (χ0n) is 17.8. The van der Waals surface area contributed by atoms with Gasteiger partial charge in [-0.15, -0.1) is 10.2 Å². The molecule has 8 heteroatoms. The Bertz CT molecular complexity index is 1010. The number of hydrogen-bond acceptors (Lipinski definition) is 6. The molecule has 0 bridgehead atoms. The standard InChI is InChI=1S/C24H26N4O3S.H2/c29-21(26-22-27-25-18-32-22)17-24(20-9-5-2-6-10-20)12-14-28(15-13-24)23(30)31-16-11-19-7-3-1-4-8-19;/h1-10,18H,11-17H2,(H,26,27,29);1H. The number of anilines is 1. The summed E-state index contributed by atoms with van der Waals surface area (Å²) in [5, 5.41) is 11.0. The van der Waals surface area contributed by atoms with E-state index >= 15 is 0 Å². The summed E-state index contributed by atoms with van der Waals surface area (Å²) < 4.78 is 5.50. The van der Waals surface area contributed by atoms with Gasteiger partial charge in [0.05, 0.1) is 6.61 Å². The second-order valence-electron chi connectivity index (χ2n) is 7.95. The first-order valence-electron chi connectivity index (χ1n) is 10.7. The number of nitrogens with zero attached hydrogens (tertiary/aromatic N) is 3. The number of likely N-dealkylation sites (tertiary alicyclic amines) is 1. The van der Waals surface area contributed by atoms with Gasteiger partial charge in [-0.05, 0) is 24.0 Å². The molecule has 2 amide bonds. The van der Waals surface area contributed by atoms with Crippen LogP contribution in [0.15, 0.2) is 66.2 Å². The van der Waals surface area contributed by atoms with Gasteiger partial charge in [-0.1, -0.05) is 72.0 Å². The molecule has 1 aromatic heterocycles. The van der Waals surface area contributed by atoms with Crippen molar-refractivity contribution in [3.05, 3.63) is 77.3 Å². The summed E-state index contributed by atoms with van der Waals surface area (Å²) in [5.41, 5.74) is 3.51. The van der Waals surface area contributed by atoms with E-state index in [0.29, 0.717) is 50.5 Å². The minimum Gasteiger partial charge on any atom is -0.449 e. The molecule has 1 saturated heterocycles. The zero-order chi connectivity index (χ0) is 22.2. The summed E-state index contributed by atoms with van der Waals surface area (Å²) in [4.78, 5) is 27.1. The highest BCUT2D eigenvalue weighted by Crippen LogP contribution is 2.39. The lowest BCUT2D eigenvalue weighted by molar-refractivity contribution is -0.117. The summed E-state index contributed by atoms with van der Waals surface area (Å²) >= 11 is 1.29. The van der Waals surface area contributed by atoms with Gasteiger partial charge in [0.25, 0.3) is 0 Å². The number of hydrogen-bond donors (Lipinski definition) is 1. The maximum absolute atomic E-state index is 12.8. The van der Waals surface area contributed by atoms with Crippen molar-refractivity contribution in [3.8, 4) is 0 Å². The van der Waals surface area contributed by atoms with E-state index in [1.165, 1.54) is 11.3 Å². The average molecular weight is 453 g/mol. The van der Waals surface area contributed by atoms with Crippen molar-refractivity contribution < 1.29 is 15.8 Å². The number of carbonyl (C=O) groups excluding carboxylic acids is 2. The van der Waals surface area contributed by atoms with Crippen LogP contribution in [0, 0.1) is 0 Å². The van der Waals surface area contributed by atoms with E-state index in [1.54, 1.807) is 10.4 Å². The van der Waals surface area contributed by atoms with Crippen molar-refractivity contribution in [2.45, 2.75) is 31.1 Å². The van der Waals surface area contributed by atoms with E-state index < -0.39 is 0 Å². The Morgan fingerprint density at radius 1 is 1.06 bits per heavy atom. The number of amides is 2. The van der Waals surface area contributed by atoms with Gasteiger partial charge in [0, 0.05) is 32.8 Å². The molecule has 0 spiro atoms. The van der Waals surface area contributed by atoms with Crippen molar-refractivity contribution in [2.75, 3.05) is 25.0 Å². The number of carbonyl (C=O) groups is 2. The number of piperidine rings is 1. The minimum atomic E-state index is -0.336. The van der Waals surface area contributed by atoms with Crippen molar-refractivity contribution in [2.24, 2.45) is 0 Å². The van der Waals surface area contributed by atoms with Gasteiger partial charge in [-0.2, -0.15) is 0 Å². The highest BCUT2D eigenvalue weighted by Gasteiger charge is 2.39. The second-order valence-corrected chi connectivity index (χ2v) is 8.79. The molecule has 0 unspecified atom stereocenters. The van der Waals surface area contributed by atoms with E-state index in [4.69, 9.17) is 4.74 Å². The van der Waals surface area contributed by atoms with Gasteiger partial charge >= 0.3 is 6.09 Å². The second kappa shape index (κ2) is 10.4. The van der Waals surface area contributed by atoms with Crippen LogP contribution in [0.3, 0.4) is 0 Å². The Hall–Kier alpha value is -3.26. The number of rotatable bonds is 7. The summed E-state index contributed by atoms with van der Waals surface area (Å²) in [6.45, 7) is 1.45. The molecular formula is C24H28N4O3S. The van der Waals surface area contributed by atoms with E-state index in [9.17, 15) is 9.59 Å². The van der Waals surface area contributed by atoms with Gasteiger partial charge < -0.3 is 15.0 Å². The molecule has 2 aromatic carbocycles. The SMILES string of the molecule is O=C(CC1(c2ccccc2)CCN(C(=O)OCCc2ccccc2)CC1)Nc1nncs1.[HH]. The van der Waals surface area contributed by atoms with Crippen LogP contribution in [0.1, 0.15) is 31.8 Å². The van der Waals surface area contributed by atoms with Crippen molar-refractivity contribution >= 4 is 28.5 Å². The Morgan fingerprint density at radius 3 is 2.41 bits per heavy atom. The molecule has 1 aliphatic rings. The van der Waals surface area contributed by atoms with Crippen LogP contribution in [-0.2, 0) is 21.4 Å². The highest BCUT2D eigenvalue weighted by atomic mass is 32.1. The quantitative estimate of drug-likeness (QED) is 0.570. The Morgan fingerprint density at radius 2 is 1.75 bits per heavy atom. The third-order valence-electron chi connectivity index (χ3n) is 5.93. The number of ether oxygens (including phenoxy) is 1. The number of aromatic nitrogens is 2. The lowest BCUT2D eigenvalue weighted by Gasteiger charge is -2.41. The van der Waals surface area contributed by atoms with Crippen LogP contribution >= 0.6 is 11.3 Å². The molecule has 2 heterocycles. The molecule has 7 nitrogen and oxygen atoms in total. The lowest BCUT2D eigenvalue weighted by atomic mass is 9.70. The summed E-state index contributed by atoms with van der Waals surface area (Å²) in [6.07, 6.45) is 2.11. The Kier molecular flexibility index (Phi) is 7.11. The predicted molar refractivity (Wildman–Crippen MR) is 126 cm³/mol. The molecule has 0 saturated carbocycles. The molecule has 1 fully saturated rings. The first-order valence-corrected chi connectivity index (χ1v) is 11.6. The molecular weight excluding hydrogens is 424 g/mol. The van der Waals surface area contributed by atoms with Crippen LogP contribution in [0.5, 0.6) is 0 Å². The molecule has 0 aliphatic carbocycles. The molecule has 168 valence electrons. The molecule has 32 heavy (non-hydrogen) atoms. The molecule has 0 atom stereocenters. The van der Waals surface area contributed by atoms with Crippen molar-refractivity contribution in [3.63, 3.8) is 0 Å². The largest absolute Gasteiger partial charge is 0.449 e. The van der Waals surface area contributed by atoms with Gasteiger partial charge in [0.15, 0.2) is 0 Å². The van der Waals surface area contributed by atoms with Crippen molar-refractivity contribution in [1.82, 2.24) is 15.1 Å². The van der Waals surface area contributed by atoms with Crippen LogP contribution < -0.4 is 5.32 Å². The van der Waals surface area contributed by atoms with Gasteiger partial charge in [-0.3, -0.25) is 4.79 Å². The minimum absolute atomic E-state index is 0. The lowest BCUT2D eigenvalue weighted by Crippen LogP contribution is -2.46. The molecule has 4 rings (SSSR count). The van der Waals surface area contributed by atoms with Gasteiger partial charge in [-0.25, -0.2) is 4.79 Å². The summed E-state index contributed by atoms with van der Waals surface area (Å²) in [7, 11) is 0. The zero-order valence-corrected chi connectivity index (χ0v) is 18.6. The fraction of sp³-hybridized carbons (Fsp3) is 0.333. The van der Waals surface area contributed by atoms with E-state index in [1.807, 2.05) is 48.5 Å². The fourth-order valence-corrected chi connectivity index (χ4v) is 4.63. The first-order chi connectivity index (χ1) is 15.6. The van der Waals surface area contributed by atoms with E-state index in [0.717, 1.165) is 11.1 Å². The van der Waals surface area contributed by atoms with Gasteiger partial charge in [0.1, 0.15) is 5.51 Å². The fourth-order valence-electron chi connectivity index (χ4n) is 4.17. The maximum atomic E-state index is 12.8. The normalized spacial score (nSPS) is 15.2. The maximum Gasteiger partial charge on any atom is 0.409 e. The van der Waals surface area contributed by atoms with Crippen LogP contribution in [0.25, 0.3) is 0 Å². The molecule has 3 aromatic rings. The molecule has 1 aliphatic heterocycles. The molecule has 1 N–H and O–H groups in total. The summed E-state index contributed by atoms with van der Waals surface area (Å²) in [6, 6.07) is 20.0. The third kappa shape index (κ3) is 5.50. The number of benzene rings is 2. The van der Waals surface area contributed by atoms with Crippen LogP contribution in [0.2, 0.25) is 0 Å². The summed E-state index contributed by atoms with van der Waals surface area (Å²) in [5.74, 6) is -0.0931.